The number of benzene rings is 1. The summed E-state index contributed by atoms with van der Waals surface area (Å²) in [5, 5.41) is 0. The molecule has 2 rings (SSSR count). The number of pyridine rings is 1. The van der Waals surface area contributed by atoms with Gasteiger partial charge in [-0.05, 0) is 59.9 Å². The van der Waals surface area contributed by atoms with Crippen LogP contribution in [0.15, 0.2) is 42.7 Å². The van der Waals surface area contributed by atoms with Gasteiger partial charge in [-0.15, -0.1) is 0 Å². The van der Waals surface area contributed by atoms with E-state index in [9.17, 15) is 8.78 Å². The standard InChI is InChI=1S/C19H23F2N/c1-14(10-15-4-6-17(20)7-5-15)8-9-19(2,3)16-11-18(21)13-22-12-16/h4-7,11-14H,8-10H2,1-3H3. The summed E-state index contributed by atoms with van der Waals surface area (Å²) >= 11 is 0. The number of nitrogens with zero attached hydrogens (tertiary/aromatic N) is 1. The molecule has 2 aromatic rings. The number of halogens is 2. The predicted octanol–water partition coefficient (Wildman–Crippen LogP) is 5.30. The van der Waals surface area contributed by atoms with Crippen molar-refractivity contribution in [3.05, 3.63) is 65.5 Å². The van der Waals surface area contributed by atoms with E-state index in [0.29, 0.717) is 5.92 Å². The van der Waals surface area contributed by atoms with Crippen LogP contribution in [0.5, 0.6) is 0 Å². The fraction of sp³-hybridized carbons (Fsp3) is 0.421. The first-order chi connectivity index (χ1) is 10.4. The lowest BCUT2D eigenvalue weighted by Crippen LogP contribution is -2.19. The molecule has 0 spiro atoms. The van der Waals surface area contributed by atoms with E-state index in [1.165, 1.54) is 18.3 Å². The van der Waals surface area contributed by atoms with Crippen molar-refractivity contribution in [2.45, 2.75) is 45.4 Å². The third-order valence-corrected chi connectivity index (χ3v) is 4.25. The van der Waals surface area contributed by atoms with Crippen molar-refractivity contribution in [2.24, 2.45) is 5.92 Å². The van der Waals surface area contributed by atoms with Crippen molar-refractivity contribution >= 4 is 0 Å². The minimum Gasteiger partial charge on any atom is -0.261 e. The van der Waals surface area contributed by atoms with E-state index in [4.69, 9.17) is 0 Å². The summed E-state index contributed by atoms with van der Waals surface area (Å²) in [5.41, 5.74) is 1.98. The maximum absolute atomic E-state index is 13.3. The summed E-state index contributed by atoms with van der Waals surface area (Å²) in [6, 6.07) is 8.26. The van der Waals surface area contributed by atoms with Crippen LogP contribution in [0.1, 0.15) is 44.7 Å². The van der Waals surface area contributed by atoms with Gasteiger partial charge in [-0.2, -0.15) is 0 Å². The molecule has 0 fully saturated rings. The van der Waals surface area contributed by atoms with Gasteiger partial charge in [-0.3, -0.25) is 4.98 Å². The normalized spacial score (nSPS) is 13.1. The van der Waals surface area contributed by atoms with Crippen LogP contribution in [0.3, 0.4) is 0 Å². The molecule has 1 aromatic carbocycles. The topological polar surface area (TPSA) is 12.9 Å². The molecule has 118 valence electrons. The summed E-state index contributed by atoms with van der Waals surface area (Å²) in [6.45, 7) is 6.44. The van der Waals surface area contributed by atoms with Crippen LogP contribution >= 0.6 is 0 Å². The summed E-state index contributed by atoms with van der Waals surface area (Å²) in [5.74, 6) is 0.00679. The van der Waals surface area contributed by atoms with Crippen molar-refractivity contribution in [2.75, 3.05) is 0 Å². The second-order valence-corrected chi connectivity index (χ2v) is 6.75. The summed E-state index contributed by atoms with van der Waals surface area (Å²) in [4.78, 5) is 3.94. The summed E-state index contributed by atoms with van der Waals surface area (Å²) in [6.07, 6.45) is 5.89. The molecule has 0 bridgehead atoms. The monoisotopic (exact) mass is 303 g/mol. The van der Waals surface area contributed by atoms with Gasteiger partial charge in [0, 0.05) is 6.20 Å². The van der Waals surface area contributed by atoms with E-state index in [1.807, 2.05) is 12.1 Å². The first-order valence-corrected chi connectivity index (χ1v) is 7.72. The Morgan fingerprint density at radius 1 is 1.05 bits per heavy atom. The highest BCUT2D eigenvalue weighted by atomic mass is 19.1. The molecule has 0 aliphatic rings. The van der Waals surface area contributed by atoms with Gasteiger partial charge in [0.15, 0.2) is 0 Å². The summed E-state index contributed by atoms with van der Waals surface area (Å²) in [7, 11) is 0. The van der Waals surface area contributed by atoms with Crippen molar-refractivity contribution in [1.29, 1.82) is 0 Å². The third kappa shape index (κ3) is 4.62. The maximum Gasteiger partial charge on any atom is 0.141 e. The highest BCUT2D eigenvalue weighted by Gasteiger charge is 2.22. The molecule has 0 aliphatic heterocycles. The molecule has 1 heterocycles. The molecule has 1 atom stereocenters. The van der Waals surface area contributed by atoms with Crippen molar-refractivity contribution < 1.29 is 8.78 Å². The highest BCUT2D eigenvalue weighted by molar-refractivity contribution is 5.20. The molecule has 0 saturated heterocycles. The first kappa shape index (κ1) is 16.6. The molecule has 0 amide bonds. The van der Waals surface area contributed by atoms with Gasteiger partial charge in [0.2, 0.25) is 0 Å². The lowest BCUT2D eigenvalue weighted by Gasteiger charge is -2.26. The van der Waals surface area contributed by atoms with Crippen LogP contribution in [0, 0.1) is 17.6 Å². The van der Waals surface area contributed by atoms with Crippen molar-refractivity contribution in [3.63, 3.8) is 0 Å². The lowest BCUT2D eigenvalue weighted by atomic mass is 9.79. The highest BCUT2D eigenvalue weighted by Crippen LogP contribution is 2.30. The van der Waals surface area contributed by atoms with Gasteiger partial charge in [-0.1, -0.05) is 32.9 Å². The average Bonchev–Trinajstić information content (AvgIpc) is 2.48. The number of rotatable bonds is 6. The van der Waals surface area contributed by atoms with Crippen LogP contribution < -0.4 is 0 Å². The minimum absolute atomic E-state index is 0.105. The van der Waals surface area contributed by atoms with Crippen LogP contribution in [-0.4, -0.2) is 4.98 Å². The molecule has 0 saturated carbocycles. The fourth-order valence-electron chi connectivity index (χ4n) is 2.66. The van der Waals surface area contributed by atoms with E-state index >= 15 is 0 Å². The predicted molar refractivity (Wildman–Crippen MR) is 85.7 cm³/mol. The molecule has 0 radical (unpaired) electrons. The Labute approximate surface area is 131 Å². The number of hydrogen-bond donors (Lipinski definition) is 0. The molecule has 1 nitrogen and oxygen atoms in total. The van der Waals surface area contributed by atoms with E-state index in [0.717, 1.165) is 30.4 Å². The molecule has 3 heteroatoms. The van der Waals surface area contributed by atoms with Crippen LogP contribution in [-0.2, 0) is 11.8 Å². The largest absolute Gasteiger partial charge is 0.261 e. The number of hydrogen-bond acceptors (Lipinski definition) is 1. The molecular formula is C19H23F2N. The Bertz CT molecular complexity index is 605. The smallest absolute Gasteiger partial charge is 0.141 e. The Morgan fingerprint density at radius 3 is 2.36 bits per heavy atom. The van der Waals surface area contributed by atoms with E-state index < -0.39 is 0 Å². The minimum atomic E-state index is -0.287. The van der Waals surface area contributed by atoms with Crippen LogP contribution in [0.2, 0.25) is 0 Å². The zero-order valence-electron chi connectivity index (χ0n) is 13.4. The maximum atomic E-state index is 13.3. The van der Waals surface area contributed by atoms with Gasteiger partial charge < -0.3 is 0 Å². The summed E-state index contributed by atoms with van der Waals surface area (Å²) < 4.78 is 26.2. The second-order valence-electron chi connectivity index (χ2n) is 6.75. The number of aromatic nitrogens is 1. The molecule has 0 aliphatic carbocycles. The van der Waals surface area contributed by atoms with Gasteiger partial charge in [0.05, 0.1) is 6.20 Å². The lowest BCUT2D eigenvalue weighted by molar-refractivity contribution is 0.396. The molecule has 1 unspecified atom stereocenters. The van der Waals surface area contributed by atoms with Gasteiger partial charge in [0.1, 0.15) is 11.6 Å². The second kappa shape index (κ2) is 6.99. The fourth-order valence-corrected chi connectivity index (χ4v) is 2.66. The van der Waals surface area contributed by atoms with Gasteiger partial charge in [-0.25, -0.2) is 8.78 Å². The van der Waals surface area contributed by atoms with E-state index in [1.54, 1.807) is 12.3 Å². The molecule has 1 aromatic heterocycles. The molecule has 0 N–H and O–H groups in total. The zero-order chi connectivity index (χ0) is 16.2. The van der Waals surface area contributed by atoms with Crippen molar-refractivity contribution in [3.8, 4) is 0 Å². The molecule has 22 heavy (non-hydrogen) atoms. The zero-order valence-corrected chi connectivity index (χ0v) is 13.4. The Hall–Kier alpha value is -1.77. The average molecular weight is 303 g/mol. The van der Waals surface area contributed by atoms with Gasteiger partial charge in [0.25, 0.3) is 0 Å². The molecular weight excluding hydrogens is 280 g/mol. The van der Waals surface area contributed by atoms with E-state index in [-0.39, 0.29) is 17.0 Å². The Balaban J connectivity index is 1.92. The third-order valence-electron chi connectivity index (χ3n) is 4.25. The van der Waals surface area contributed by atoms with Crippen LogP contribution in [0.25, 0.3) is 0 Å². The van der Waals surface area contributed by atoms with Crippen molar-refractivity contribution in [1.82, 2.24) is 4.98 Å². The van der Waals surface area contributed by atoms with E-state index in [2.05, 4.69) is 25.8 Å². The van der Waals surface area contributed by atoms with Gasteiger partial charge >= 0.3 is 0 Å². The quantitative estimate of drug-likeness (QED) is 0.706. The van der Waals surface area contributed by atoms with Crippen LogP contribution in [0.4, 0.5) is 8.78 Å². The SMILES string of the molecule is CC(CCC(C)(C)c1cncc(F)c1)Cc1ccc(F)cc1. The Kier molecular flexibility index (Phi) is 5.28. The first-order valence-electron chi connectivity index (χ1n) is 7.72. The Morgan fingerprint density at radius 2 is 1.73 bits per heavy atom.